The molecule has 1 saturated carbocycles. The van der Waals surface area contributed by atoms with Crippen molar-refractivity contribution in [3.63, 3.8) is 0 Å². The van der Waals surface area contributed by atoms with E-state index >= 15 is 0 Å². The van der Waals surface area contributed by atoms with Crippen LogP contribution in [0.2, 0.25) is 0 Å². The van der Waals surface area contributed by atoms with Gasteiger partial charge in [0.25, 0.3) is 0 Å². The number of hydrogen-bond acceptors (Lipinski definition) is 5. The van der Waals surface area contributed by atoms with Gasteiger partial charge in [-0.2, -0.15) is 0 Å². The number of ether oxygens (including phenoxy) is 2. The van der Waals surface area contributed by atoms with Crippen LogP contribution in [0.3, 0.4) is 0 Å². The second-order valence-electron chi connectivity index (χ2n) is 7.20. The molecule has 1 atom stereocenters. The topological polar surface area (TPSA) is 71.1 Å². The molecule has 1 aromatic carbocycles. The van der Waals surface area contributed by atoms with E-state index in [4.69, 9.17) is 9.47 Å². The second kappa shape index (κ2) is 9.08. The van der Waals surface area contributed by atoms with Gasteiger partial charge in [-0.1, -0.05) is 12.8 Å². The van der Waals surface area contributed by atoms with Crippen molar-refractivity contribution in [2.24, 2.45) is 5.92 Å². The largest absolute Gasteiger partial charge is 0.497 e. The van der Waals surface area contributed by atoms with E-state index in [1.807, 2.05) is 24.3 Å². The number of benzene rings is 1. The van der Waals surface area contributed by atoms with Gasteiger partial charge >= 0.3 is 6.09 Å². The van der Waals surface area contributed by atoms with E-state index in [-0.39, 0.29) is 18.0 Å². The van der Waals surface area contributed by atoms with Crippen LogP contribution in [0.4, 0.5) is 10.5 Å². The van der Waals surface area contributed by atoms with Gasteiger partial charge in [0.2, 0.25) is 5.91 Å². The summed E-state index contributed by atoms with van der Waals surface area (Å²) in [5.74, 6) is 1.17. The van der Waals surface area contributed by atoms with Crippen molar-refractivity contribution in [2.75, 3.05) is 45.7 Å². The Labute approximate surface area is 160 Å². The minimum atomic E-state index is -0.297. The van der Waals surface area contributed by atoms with E-state index in [2.05, 4.69) is 10.2 Å². The fraction of sp³-hybridized carbons (Fsp3) is 0.600. The number of carbonyl (C=O) groups excluding carboxylic acids is 2. The first-order valence-electron chi connectivity index (χ1n) is 9.64. The lowest BCUT2D eigenvalue weighted by atomic mass is 9.95. The van der Waals surface area contributed by atoms with Gasteiger partial charge in [-0.3, -0.25) is 9.69 Å². The molecule has 0 bridgehead atoms. The summed E-state index contributed by atoms with van der Waals surface area (Å²) in [6, 6.07) is 7.24. The Morgan fingerprint density at radius 3 is 2.22 bits per heavy atom. The number of nitrogens with zero attached hydrogens (tertiary/aromatic N) is 2. The average molecular weight is 375 g/mol. The maximum absolute atomic E-state index is 13.1. The van der Waals surface area contributed by atoms with Gasteiger partial charge in [0.15, 0.2) is 0 Å². The molecule has 1 heterocycles. The predicted molar refractivity (Wildman–Crippen MR) is 103 cm³/mol. The molecule has 7 heteroatoms. The molecule has 2 aliphatic rings. The lowest BCUT2D eigenvalue weighted by Gasteiger charge is -2.40. The zero-order valence-electron chi connectivity index (χ0n) is 16.1. The normalized spacial score (nSPS) is 19.6. The van der Waals surface area contributed by atoms with Gasteiger partial charge in [-0.15, -0.1) is 0 Å². The Morgan fingerprint density at radius 2 is 1.67 bits per heavy atom. The van der Waals surface area contributed by atoms with Gasteiger partial charge in [0, 0.05) is 31.9 Å². The van der Waals surface area contributed by atoms with Crippen molar-refractivity contribution < 1.29 is 19.1 Å². The van der Waals surface area contributed by atoms with E-state index in [9.17, 15) is 9.59 Å². The van der Waals surface area contributed by atoms with Crippen LogP contribution in [0.1, 0.15) is 25.7 Å². The standard InChI is InChI=1S/C20H29N3O4/c1-26-17-9-7-16(8-10-17)21-19(24)18(15-5-3-4-6-15)22-11-13-23(14-12-22)20(25)27-2/h7-10,15,18H,3-6,11-14H2,1-2H3,(H,21,24). The summed E-state index contributed by atoms with van der Waals surface area (Å²) in [5.41, 5.74) is 0.775. The van der Waals surface area contributed by atoms with E-state index < -0.39 is 0 Å². The van der Waals surface area contributed by atoms with Gasteiger partial charge in [0.1, 0.15) is 5.75 Å². The first-order valence-corrected chi connectivity index (χ1v) is 9.64. The van der Waals surface area contributed by atoms with E-state index in [0.29, 0.717) is 32.1 Å². The highest BCUT2D eigenvalue weighted by Gasteiger charge is 2.37. The summed E-state index contributed by atoms with van der Waals surface area (Å²) in [7, 11) is 3.02. The van der Waals surface area contributed by atoms with Crippen LogP contribution >= 0.6 is 0 Å². The third-order valence-corrected chi connectivity index (χ3v) is 5.61. The predicted octanol–water partition coefficient (Wildman–Crippen LogP) is 2.58. The Hall–Kier alpha value is -2.28. The zero-order valence-corrected chi connectivity index (χ0v) is 16.1. The highest BCUT2D eigenvalue weighted by atomic mass is 16.5. The maximum atomic E-state index is 13.1. The van der Waals surface area contributed by atoms with Crippen LogP contribution in [0.25, 0.3) is 0 Å². The third-order valence-electron chi connectivity index (χ3n) is 5.61. The van der Waals surface area contributed by atoms with Gasteiger partial charge in [-0.25, -0.2) is 4.79 Å². The molecule has 27 heavy (non-hydrogen) atoms. The number of methoxy groups -OCH3 is 2. The first kappa shape index (κ1) is 19.5. The molecule has 3 rings (SSSR count). The molecule has 1 saturated heterocycles. The summed E-state index contributed by atoms with van der Waals surface area (Å²) in [6.07, 6.45) is 4.23. The Balaban J connectivity index is 1.67. The quantitative estimate of drug-likeness (QED) is 0.856. The van der Waals surface area contributed by atoms with Crippen LogP contribution in [-0.4, -0.2) is 68.2 Å². The summed E-state index contributed by atoms with van der Waals surface area (Å²) in [4.78, 5) is 28.8. The molecule has 7 nitrogen and oxygen atoms in total. The molecule has 0 spiro atoms. The van der Waals surface area contributed by atoms with Gasteiger partial charge in [0.05, 0.1) is 20.3 Å². The number of piperazine rings is 1. The fourth-order valence-corrected chi connectivity index (χ4v) is 4.15. The van der Waals surface area contributed by atoms with E-state index in [1.165, 1.54) is 20.0 Å². The molecule has 1 unspecified atom stereocenters. The molecule has 2 amide bonds. The Bertz CT molecular complexity index is 635. The molecular formula is C20H29N3O4. The molecule has 1 aliphatic heterocycles. The van der Waals surface area contributed by atoms with Crippen molar-refractivity contribution in [1.82, 2.24) is 9.80 Å². The zero-order chi connectivity index (χ0) is 19.2. The number of nitrogens with one attached hydrogen (secondary N) is 1. The molecule has 1 aromatic rings. The molecule has 148 valence electrons. The van der Waals surface area contributed by atoms with Crippen molar-refractivity contribution >= 4 is 17.7 Å². The highest BCUT2D eigenvalue weighted by molar-refractivity contribution is 5.95. The fourth-order valence-electron chi connectivity index (χ4n) is 4.15. The molecule has 1 N–H and O–H groups in total. The number of amides is 2. The molecule has 2 fully saturated rings. The van der Waals surface area contributed by atoms with E-state index in [1.54, 1.807) is 12.0 Å². The van der Waals surface area contributed by atoms with Gasteiger partial charge < -0.3 is 19.7 Å². The summed E-state index contributed by atoms with van der Waals surface area (Å²) >= 11 is 0. The maximum Gasteiger partial charge on any atom is 0.409 e. The number of hydrogen-bond donors (Lipinski definition) is 1. The van der Waals surface area contributed by atoms with Crippen LogP contribution in [0.15, 0.2) is 24.3 Å². The smallest absolute Gasteiger partial charge is 0.409 e. The Kier molecular flexibility index (Phi) is 6.55. The second-order valence-corrected chi connectivity index (χ2v) is 7.20. The highest BCUT2D eigenvalue weighted by Crippen LogP contribution is 2.31. The van der Waals surface area contributed by atoms with Crippen molar-refractivity contribution in [3.8, 4) is 5.75 Å². The number of rotatable bonds is 5. The number of carbonyl (C=O) groups is 2. The van der Waals surface area contributed by atoms with Crippen LogP contribution < -0.4 is 10.1 Å². The molecular weight excluding hydrogens is 346 g/mol. The number of anilines is 1. The van der Waals surface area contributed by atoms with Crippen molar-refractivity contribution in [2.45, 2.75) is 31.7 Å². The van der Waals surface area contributed by atoms with Gasteiger partial charge in [-0.05, 0) is 43.0 Å². The van der Waals surface area contributed by atoms with Crippen molar-refractivity contribution in [3.05, 3.63) is 24.3 Å². The lowest BCUT2D eigenvalue weighted by Crippen LogP contribution is -2.56. The van der Waals surface area contributed by atoms with Crippen LogP contribution in [0.5, 0.6) is 5.75 Å². The average Bonchev–Trinajstić information content (AvgIpc) is 3.23. The summed E-state index contributed by atoms with van der Waals surface area (Å²) in [5, 5.41) is 3.07. The van der Waals surface area contributed by atoms with Crippen LogP contribution in [-0.2, 0) is 9.53 Å². The first-order chi connectivity index (χ1) is 13.1. The summed E-state index contributed by atoms with van der Waals surface area (Å²) < 4.78 is 9.98. The Morgan fingerprint density at radius 1 is 1.04 bits per heavy atom. The minimum Gasteiger partial charge on any atom is -0.497 e. The third kappa shape index (κ3) is 4.71. The molecule has 0 aromatic heterocycles. The minimum absolute atomic E-state index is 0.0404. The lowest BCUT2D eigenvalue weighted by molar-refractivity contribution is -0.124. The summed E-state index contributed by atoms with van der Waals surface area (Å²) in [6.45, 7) is 2.55. The SMILES string of the molecule is COC(=O)N1CCN(C(C(=O)Nc2ccc(OC)cc2)C2CCCC2)CC1. The monoisotopic (exact) mass is 375 g/mol. The van der Waals surface area contributed by atoms with E-state index in [0.717, 1.165) is 24.3 Å². The molecule has 0 radical (unpaired) electrons. The van der Waals surface area contributed by atoms with Crippen molar-refractivity contribution in [1.29, 1.82) is 0 Å². The molecule has 1 aliphatic carbocycles. The van der Waals surface area contributed by atoms with Crippen LogP contribution in [0, 0.1) is 5.92 Å².